The van der Waals surface area contributed by atoms with Crippen LogP contribution >= 0.6 is 0 Å². The number of aromatic hydroxyl groups is 2. The Bertz CT molecular complexity index is 821. The second-order valence-corrected chi connectivity index (χ2v) is 4.28. The van der Waals surface area contributed by atoms with Gasteiger partial charge >= 0.3 is 0 Å². The minimum absolute atomic E-state index is 0.0509. The summed E-state index contributed by atoms with van der Waals surface area (Å²) in [5.41, 5.74) is 0.968. The van der Waals surface area contributed by atoms with Crippen molar-refractivity contribution in [1.29, 1.82) is 0 Å². The Balaban J connectivity index is 2.41. The third kappa shape index (κ3) is 1.83. The Morgan fingerprint density at radius 3 is 2.42 bits per heavy atom. The Morgan fingerprint density at radius 2 is 1.63 bits per heavy atom. The van der Waals surface area contributed by atoms with Crippen LogP contribution in [0.15, 0.2) is 53.5 Å². The molecule has 19 heavy (non-hydrogen) atoms. The summed E-state index contributed by atoms with van der Waals surface area (Å²) in [7, 11) is 0. The van der Waals surface area contributed by atoms with Crippen molar-refractivity contribution in [3.63, 3.8) is 0 Å². The Morgan fingerprint density at radius 1 is 0.895 bits per heavy atom. The van der Waals surface area contributed by atoms with Gasteiger partial charge < -0.3 is 15.2 Å². The highest BCUT2D eigenvalue weighted by Crippen LogP contribution is 2.35. The van der Waals surface area contributed by atoms with E-state index < -0.39 is 0 Å². The van der Waals surface area contributed by atoms with Crippen LogP contribution in [0, 0.1) is 0 Å². The molecule has 0 radical (unpaired) electrons. The first-order valence-corrected chi connectivity index (χ1v) is 5.79. The van der Waals surface area contributed by atoms with E-state index in [4.69, 9.17) is 0 Å². The fourth-order valence-electron chi connectivity index (χ4n) is 2.17. The molecule has 0 unspecified atom stereocenters. The molecule has 2 aromatic carbocycles. The maximum atomic E-state index is 11.7. The Hall–Kier alpha value is -2.75. The van der Waals surface area contributed by atoms with Crippen LogP contribution < -0.4 is 5.56 Å². The van der Waals surface area contributed by atoms with Gasteiger partial charge in [0.2, 0.25) is 0 Å². The molecule has 0 aliphatic heterocycles. The van der Waals surface area contributed by atoms with Gasteiger partial charge in [0.1, 0.15) is 11.5 Å². The van der Waals surface area contributed by atoms with E-state index in [2.05, 4.69) is 4.98 Å². The van der Waals surface area contributed by atoms with E-state index in [1.807, 2.05) is 12.1 Å². The van der Waals surface area contributed by atoms with Gasteiger partial charge in [-0.1, -0.05) is 18.2 Å². The van der Waals surface area contributed by atoms with Gasteiger partial charge in [0.15, 0.2) is 0 Å². The van der Waals surface area contributed by atoms with Gasteiger partial charge in [-0.3, -0.25) is 4.79 Å². The van der Waals surface area contributed by atoms with Crippen molar-refractivity contribution in [2.45, 2.75) is 0 Å². The van der Waals surface area contributed by atoms with Gasteiger partial charge in [0.05, 0.1) is 0 Å². The minimum atomic E-state index is -0.181. The first-order chi connectivity index (χ1) is 9.16. The quantitative estimate of drug-likeness (QED) is 0.584. The normalized spacial score (nSPS) is 10.7. The van der Waals surface area contributed by atoms with Crippen molar-refractivity contribution in [3.8, 4) is 22.6 Å². The van der Waals surface area contributed by atoms with Crippen LogP contribution in [0.5, 0.6) is 11.5 Å². The van der Waals surface area contributed by atoms with Crippen LogP contribution in [-0.4, -0.2) is 15.2 Å². The molecule has 3 N–H and O–H groups in total. The molecule has 0 saturated carbocycles. The maximum absolute atomic E-state index is 11.7. The summed E-state index contributed by atoms with van der Waals surface area (Å²) in [5, 5.41) is 20.7. The fraction of sp³-hybridized carbons (Fsp3) is 0. The Labute approximate surface area is 108 Å². The zero-order chi connectivity index (χ0) is 13.4. The molecule has 1 aromatic heterocycles. The summed E-state index contributed by atoms with van der Waals surface area (Å²) in [4.78, 5) is 14.4. The predicted octanol–water partition coefficient (Wildman–Crippen LogP) is 2.61. The maximum Gasteiger partial charge on any atom is 0.255 e. The summed E-state index contributed by atoms with van der Waals surface area (Å²) in [6.45, 7) is 0. The van der Waals surface area contributed by atoms with Gasteiger partial charge in [-0.25, -0.2) is 0 Å². The summed E-state index contributed by atoms with van der Waals surface area (Å²) >= 11 is 0. The van der Waals surface area contributed by atoms with Gasteiger partial charge in [0.25, 0.3) is 5.56 Å². The molecular formula is C15H11NO3. The third-order valence-electron chi connectivity index (χ3n) is 3.08. The SMILES string of the molecule is O=c1[nH]cc(-c2cc(O)ccc2O)c2ccccc12. The number of pyridine rings is 1. The predicted molar refractivity (Wildman–Crippen MR) is 73.3 cm³/mol. The molecule has 0 amide bonds. The number of nitrogens with one attached hydrogen (secondary N) is 1. The number of phenols is 2. The number of aromatic nitrogens is 1. The van der Waals surface area contributed by atoms with Crippen LogP contribution in [0.2, 0.25) is 0 Å². The first kappa shape index (κ1) is 11.3. The number of aromatic amines is 1. The topological polar surface area (TPSA) is 73.3 Å². The molecule has 1 heterocycles. The zero-order valence-corrected chi connectivity index (χ0v) is 9.92. The second kappa shape index (κ2) is 4.17. The van der Waals surface area contributed by atoms with Crippen LogP contribution in [0.1, 0.15) is 0 Å². The second-order valence-electron chi connectivity index (χ2n) is 4.28. The molecule has 3 rings (SSSR count). The van der Waals surface area contributed by atoms with Gasteiger partial charge in [-0.15, -0.1) is 0 Å². The van der Waals surface area contributed by atoms with E-state index in [0.29, 0.717) is 16.5 Å². The van der Waals surface area contributed by atoms with Crippen molar-refractivity contribution < 1.29 is 10.2 Å². The molecule has 0 atom stereocenters. The van der Waals surface area contributed by atoms with Crippen molar-refractivity contribution in [2.24, 2.45) is 0 Å². The number of phenolic OH excluding ortho intramolecular Hbond substituents is 2. The lowest BCUT2D eigenvalue weighted by atomic mass is 10.00. The lowest BCUT2D eigenvalue weighted by Gasteiger charge is -2.08. The highest BCUT2D eigenvalue weighted by atomic mass is 16.3. The standard InChI is InChI=1S/C15H11NO3/c17-9-5-6-14(18)12(7-9)13-8-16-15(19)11-4-2-1-3-10(11)13/h1-8,17-18H,(H,16,19). The Kier molecular flexibility index (Phi) is 2.49. The molecule has 0 aliphatic rings. The van der Waals surface area contributed by atoms with Crippen molar-refractivity contribution in [2.75, 3.05) is 0 Å². The minimum Gasteiger partial charge on any atom is -0.508 e. The van der Waals surface area contributed by atoms with Crippen molar-refractivity contribution in [1.82, 2.24) is 4.98 Å². The van der Waals surface area contributed by atoms with Gasteiger partial charge in [-0.2, -0.15) is 0 Å². The summed E-state index contributed by atoms with van der Waals surface area (Å²) in [6, 6.07) is 11.4. The number of H-pyrrole nitrogens is 1. The van der Waals surface area contributed by atoms with Crippen LogP contribution in [0.25, 0.3) is 21.9 Å². The summed E-state index contributed by atoms with van der Waals surface area (Å²) < 4.78 is 0. The molecule has 3 aromatic rings. The average molecular weight is 253 g/mol. The van der Waals surface area contributed by atoms with Crippen molar-refractivity contribution >= 4 is 10.8 Å². The average Bonchev–Trinajstić information content (AvgIpc) is 2.43. The van der Waals surface area contributed by atoms with E-state index in [1.54, 1.807) is 18.3 Å². The lowest BCUT2D eigenvalue weighted by molar-refractivity contribution is 0.462. The number of hydrogen-bond acceptors (Lipinski definition) is 3. The largest absolute Gasteiger partial charge is 0.508 e. The van der Waals surface area contributed by atoms with Crippen LogP contribution in [0.4, 0.5) is 0 Å². The van der Waals surface area contributed by atoms with Gasteiger partial charge in [0, 0.05) is 22.7 Å². The zero-order valence-electron chi connectivity index (χ0n) is 9.92. The molecular weight excluding hydrogens is 242 g/mol. The van der Waals surface area contributed by atoms with E-state index in [0.717, 1.165) is 5.39 Å². The molecule has 0 spiro atoms. The van der Waals surface area contributed by atoms with E-state index in [1.165, 1.54) is 18.2 Å². The molecule has 0 bridgehead atoms. The molecule has 4 heteroatoms. The molecule has 4 nitrogen and oxygen atoms in total. The van der Waals surface area contributed by atoms with E-state index >= 15 is 0 Å². The smallest absolute Gasteiger partial charge is 0.255 e. The number of benzene rings is 2. The fourth-order valence-corrected chi connectivity index (χ4v) is 2.17. The number of rotatable bonds is 1. The summed E-state index contributed by atoms with van der Waals surface area (Å²) in [6.07, 6.45) is 1.54. The highest BCUT2D eigenvalue weighted by Gasteiger charge is 2.10. The van der Waals surface area contributed by atoms with E-state index in [9.17, 15) is 15.0 Å². The molecule has 94 valence electrons. The van der Waals surface area contributed by atoms with Crippen LogP contribution in [0.3, 0.4) is 0 Å². The lowest BCUT2D eigenvalue weighted by Crippen LogP contribution is -2.05. The van der Waals surface area contributed by atoms with E-state index in [-0.39, 0.29) is 17.1 Å². The monoisotopic (exact) mass is 253 g/mol. The first-order valence-electron chi connectivity index (χ1n) is 5.79. The number of hydrogen-bond donors (Lipinski definition) is 3. The highest BCUT2D eigenvalue weighted by molar-refractivity contribution is 5.97. The number of fused-ring (bicyclic) bond motifs is 1. The molecule has 0 aliphatic carbocycles. The summed E-state index contributed by atoms with van der Waals surface area (Å²) in [5.74, 6) is 0.109. The van der Waals surface area contributed by atoms with Crippen molar-refractivity contribution in [3.05, 3.63) is 59.0 Å². The van der Waals surface area contributed by atoms with Gasteiger partial charge in [-0.05, 0) is 29.7 Å². The molecule has 0 fully saturated rings. The molecule has 0 saturated heterocycles. The third-order valence-corrected chi connectivity index (χ3v) is 3.08. The van der Waals surface area contributed by atoms with Crippen LogP contribution in [-0.2, 0) is 0 Å².